The SMILES string of the molecule is CCc1ccc(N[C@@H]2NC(=O)/C(=C/c3cc(Br)c(OCc4ccc(F)cc4)c(Br)c3)S2)cc1. The highest BCUT2D eigenvalue weighted by Gasteiger charge is 2.27. The number of carbonyl (C=O) groups is 1. The minimum Gasteiger partial charge on any atom is -0.487 e. The summed E-state index contributed by atoms with van der Waals surface area (Å²) in [6.45, 7) is 2.43. The molecule has 8 heteroatoms. The van der Waals surface area contributed by atoms with Crippen molar-refractivity contribution >= 4 is 61.3 Å². The molecular formula is C25H21Br2FN2O2S. The number of aryl methyl sites for hydroxylation is 1. The van der Waals surface area contributed by atoms with E-state index in [-0.39, 0.29) is 17.2 Å². The van der Waals surface area contributed by atoms with Crippen LogP contribution in [0, 0.1) is 5.82 Å². The average molecular weight is 592 g/mol. The third-order valence-corrected chi connectivity index (χ3v) is 7.21. The zero-order valence-electron chi connectivity index (χ0n) is 17.7. The lowest BCUT2D eigenvalue weighted by molar-refractivity contribution is -0.116. The van der Waals surface area contributed by atoms with Crippen LogP contribution < -0.4 is 15.4 Å². The summed E-state index contributed by atoms with van der Waals surface area (Å²) in [5.41, 5.74) is 3.71. The van der Waals surface area contributed by atoms with E-state index in [0.29, 0.717) is 17.3 Å². The van der Waals surface area contributed by atoms with Crippen molar-refractivity contribution in [1.82, 2.24) is 5.32 Å². The molecule has 3 aromatic carbocycles. The van der Waals surface area contributed by atoms with Gasteiger partial charge in [-0.15, -0.1) is 0 Å². The van der Waals surface area contributed by atoms with Crippen molar-refractivity contribution in [2.75, 3.05) is 5.32 Å². The fourth-order valence-corrected chi connectivity index (χ4v) is 5.68. The van der Waals surface area contributed by atoms with E-state index in [1.807, 2.05) is 30.3 Å². The molecule has 0 unspecified atom stereocenters. The average Bonchev–Trinajstić information content (AvgIpc) is 3.13. The zero-order chi connectivity index (χ0) is 23.4. The molecule has 3 aromatic rings. The standard InChI is InChI=1S/C25H21Br2FN2O2S/c1-2-15-5-9-19(10-6-15)29-25-30-24(31)22(33-25)13-17-11-20(26)23(21(27)12-17)32-14-16-3-7-18(28)8-4-16/h3-13,25,29H,2,14H2,1H3,(H,30,31)/b22-13-/t25-/m1/s1. The second-order valence-corrected chi connectivity index (χ2v) is 10.3. The smallest absolute Gasteiger partial charge is 0.260 e. The van der Waals surface area contributed by atoms with Crippen LogP contribution >= 0.6 is 43.6 Å². The van der Waals surface area contributed by atoms with Gasteiger partial charge < -0.3 is 15.4 Å². The molecule has 1 atom stereocenters. The van der Waals surface area contributed by atoms with E-state index >= 15 is 0 Å². The van der Waals surface area contributed by atoms with Crippen LogP contribution in [0.15, 0.2) is 74.5 Å². The van der Waals surface area contributed by atoms with E-state index in [0.717, 1.165) is 32.2 Å². The van der Waals surface area contributed by atoms with E-state index in [1.54, 1.807) is 12.1 Å². The monoisotopic (exact) mass is 590 g/mol. The quantitative estimate of drug-likeness (QED) is 0.288. The molecule has 2 N–H and O–H groups in total. The first-order chi connectivity index (χ1) is 15.9. The number of benzene rings is 3. The summed E-state index contributed by atoms with van der Waals surface area (Å²) in [7, 11) is 0. The topological polar surface area (TPSA) is 50.4 Å². The third-order valence-electron chi connectivity index (χ3n) is 5.01. The molecule has 0 bridgehead atoms. The normalized spacial score (nSPS) is 16.7. The molecule has 0 radical (unpaired) electrons. The summed E-state index contributed by atoms with van der Waals surface area (Å²) < 4.78 is 20.5. The number of hydrogen-bond acceptors (Lipinski definition) is 4. The molecule has 1 saturated heterocycles. The molecule has 0 aliphatic carbocycles. The molecule has 1 fully saturated rings. The molecule has 4 nitrogen and oxygen atoms in total. The van der Waals surface area contributed by atoms with Crippen LogP contribution in [0.25, 0.3) is 6.08 Å². The molecule has 1 aliphatic rings. The number of anilines is 1. The van der Waals surface area contributed by atoms with Crippen LogP contribution in [0.3, 0.4) is 0 Å². The summed E-state index contributed by atoms with van der Waals surface area (Å²) in [5.74, 6) is 0.241. The van der Waals surface area contributed by atoms with Crippen molar-refractivity contribution < 1.29 is 13.9 Å². The van der Waals surface area contributed by atoms with Gasteiger partial charge in [0, 0.05) is 5.69 Å². The molecule has 1 heterocycles. The fourth-order valence-electron chi connectivity index (χ4n) is 3.24. The van der Waals surface area contributed by atoms with Crippen molar-refractivity contribution in [2.45, 2.75) is 25.4 Å². The Morgan fingerprint density at radius 1 is 1.06 bits per heavy atom. The van der Waals surface area contributed by atoms with Gasteiger partial charge >= 0.3 is 0 Å². The molecule has 0 aromatic heterocycles. The van der Waals surface area contributed by atoms with Crippen LogP contribution in [0.4, 0.5) is 10.1 Å². The van der Waals surface area contributed by atoms with Crippen molar-refractivity contribution in [2.24, 2.45) is 0 Å². The van der Waals surface area contributed by atoms with Crippen LogP contribution in [0.5, 0.6) is 5.75 Å². The highest BCUT2D eigenvalue weighted by Crippen LogP contribution is 2.37. The van der Waals surface area contributed by atoms with Crippen molar-refractivity contribution in [3.05, 3.63) is 97.0 Å². The van der Waals surface area contributed by atoms with Crippen LogP contribution in [-0.2, 0) is 17.8 Å². The van der Waals surface area contributed by atoms with Gasteiger partial charge in [0.05, 0.1) is 13.9 Å². The van der Waals surface area contributed by atoms with E-state index in [9.17, 15) is 9.18 Å². The Bertz CT molecular complexity index is 1160. The molecule has 1 amide bonds. The fraction of sp³-hybridized carbons (Fsp3) is 0.160. The Kier molecular flexibility index (Phi) is 7.78. The molecule has 0 saturated carbocycles. The van der Waals surface area contributed by atoms with Gasteiger partial charge in [-0.3, -0.25) is 4.79 Å². The van der Waals surface area contributed by atoms with Gasteiger partial charge in [-0.25, -0.2) is 4.39 Å². The maximum atomic E-state index is 13.1. The predicted octanol–water partition coefficient (Wildman–Crippen LogP) is 7.09. The Morgan fingerprint density at radius 2 is 1.70 bits per heavy atom. The van der Waals surface area contributed by atoms with Crippen LogP contribution in [0.1, 0.15) is 23.6 Å². The largest absolute Gasteiger partial charge is 0.487 e. The summed E-state index contributed by atoms with van der Waals surface area (Å²) in [6.07, 6.45) is 2.84. The Morgan fingerprint density at radius 3 is 2.33 bits per heavy atom. The number of thioether (sulfide) groups is 1. The van der Waals surface area contributed by atoms with Crippen LogP contribution in [-0.4, -0.2) is 11.4 Å². The second kappa shape index (κ2) is 10.8. The molecule has 33 heavy (non-hydrogen) atoms. The van der Waals surface area contributed by atoms with Crippen LogP contribution in [0.2, 0.25) is 0 Å². The summed E-state index contributed by atoms with van der Waals surface area (Å²) in [6, 6.07) is 18.2. The van der Waals surface area contributed by atoms with Gasteiger partial charge in [-0.2, -0.15) is 0 Å². The Labute approximate surface area is 213 Å². The number of rotatable bonds is 7. The predicted molar refractivity (Wildman–Crippen MR) is 140 cm³/mol. The lowest BCUT2D eigenvalue weighted by Gasteiger charge is -2.13. The van der Waals surface area contributed by atoms with Gasteiger partial charge in [0.25, 0.3) is 5.91 Å². The second-order valence-electron chi connectivity index (χ2n) is 7.40. The first kappa shape index (κ1) is 23.9. The van der Waals surface area contributed by atoms with Crippen molar-refractivity contribution in [1.29, 1.82) is 0 Å². The van der Waals surface area contributed by atoms with E-state index in [2.05, 4.69) is 61.5 Å². The molecule has 4 rings (SSSR count). The first-order valence-electron chi connectivity index (χ1n) is 10.3. The highest BCUT2D eigenvalue weighted by atomic mass is 79.9. The van der Waals surface area contributed by atoms with Gasteiger partial charge in [0.1, 0.15) is 18.2 Å². The lowest BCUT2D eigenvalue weighted by atomic mass is 10.1. The number of hydrogen-bond donors (Lipinski definition) is 2. The molecule has 1 aliphatic heterocycles. The lowest BCUT2D eigenvalue weighted by Crippen LogP contribution is -2.30. The zero-order valence-corrected chi connectivity index (χ0v) is 21.7. The number of nitrogens with one attached hydrogen (secondary N) is 2. The number of halogens is 3. The summed E-state index contributed by atoms with van der Waals surface area (Å²) in [5, 5.41) is 6.29. The highest BCUT2D eigenvalue weighted by molar-refractivity contribution is 9.11. The Balaban J connectivity index is 1.43. The van der Waals surface area contributed by atoms with E-state index in [4.69, 9.17) is 4.74 Å². The van der Waals surface area contributed by atoms with Gasteiger partial charge in [0.2, 0.25) is 0 Å². The van der Waals surface area contributed by atoms with Gasteiger partial charge in [0.15, 0.2) is 5.50 Å². The summed E-state index contributed by atoms with van der Waals surface area (Å²) in [4.78, 5) is 13.1. The van der Waals surface area contributed by atoms with Gasteiger partial charge in [-0.1, -0.05) is 43.0 Å². The maximum Gasteiger partial charge on any atom is 0.260 e. The minimum absolute atomic E-state index is 0.119. The number of carbonyl (C=O) groups excluding carboxylic acids is 1. The van der Waals surface area contributed by atoms with Crippen molar-refractivity contribution in [3.8, 4) is 5.75 Å². The Hall–Kier alpha value is -2.29. The van der Waals surface area contributed by atoms with Crippen molar-refractivity contribution in [3.63, 3.8) is 0 Å². The van der Waals surface area contributed by atoms with E-state index < -0.39 is 0 Å². The molecular weight excluding hydrogens is 571 g/mol. The number of amides is 1. The number of ether oxygens (including phenoxy) is 1. The van der Waals surface area contributed by atoms with Gasteiger partial charge in [-0.05, 0) is 97.4 Å². The third kappa shape index (κ3) is 6.19. The summed E-state index contributed by atoms with van der Waals surface area (Å²) >= 11 is 8.54. The van der Waals surface area contributed by atoms with E-state index in [1.165, 1.54) is 29.5 Å². The molecule has 170 valence electrons. The first-order valence-corrected chi connectivity index (χ1v) is 12.8. The molecule has 0 spiro atoms. The maximum absolute atomic E-state index is 13.1. The minimum atomic E-state index is -0.279.